The molecule has 0 saturated carbocycles. The number of hydrogen-bond donors (Lipinski definition) is 1. The molecule has 0 saturated heterocycles. The first-order valence-corrected chi connectivity index (χ1v) is 6.09. The Labute approximate surface area is 106 Å². The lowest BCUT2D eigenvalue weighted by molar-refractivity contribution is -0.137. The minimum absolute atomic E-state index is 0.518. The Balaban J connectivity index is 1.98. The number of alkyl halides is 3. The number of halogens is 3. The van der Waals surface area contributed by atoms with Crippen molar-refractivity contribution in [2.45, 2.75) is 19.6 Å². The molecule has 18 heavy (non-hydrogen) atoms. The average molecular weight is 272 g/mol. The lowest BCUT2D eigenvalue weighted by Crippen LogP contribution is -2.05. The van der Waals surface area contributed by atoms with Crippen LogP contribution in [0.15, 0.2) is 30.5 Å². The molecule has 1 N–H and O–H groups in total. The van der Waals surface area contributed by atoms with Gasteiger partial charge in [0.25, 0.3) is 0 Å². The van der Waals surface area contributed by atoms with Crippen molar-refractivity contribution in [1.29, 1.82) is 0 Å². The van der Waals surface area contributed by atoms with Crippen molar-refractivity contribution in [3.05, 3.63) is 45.9 Å². The van der Waals surface area contributed by atoms with E-state index < -0.39 is 11.7 Å². The highest BCUT2D eigenvalue weighted by molar-refractivity contribution is 7.11. The van der Waals surface area contributed by atoms with Crippen LogP contribution in [0.5, 0.6) is 0 Å². The third kappa shape index (κ3) is 3.22. The number of benzene rings is 1. The molecule has 0 amide bonds. The summed E-state index contributed by atoms with van der Waals surface area (Å²) in [4.78, 5) is 5.27. The van der Waals surface area contributed by atoms with Gasteiger partial charge in [-0.25, -0.2) is 4.98 Å². The second-order valence-corrected chi connectivity index (χ2v) is 5.11. The maximum Gasteiger partial charge on any atom is 0.416 e. The van der Waals surface area contributed by atoms with Gasteiger partial charge in [0.2, 0.25) is 0 Å². The van der Waals surface area contributed by atoms with Crippen LogP contribution in [0.25, 0.3) is 0 Å². The Kier molecular flexibility index (Phi) is 3.56. The molecule has 0 fully saturated rings. The molecule has 1 aromatic heterocycles. The summed E-state index contributed by atoms with van der Waals surface area (Å²) in [6.07, 6.45) is -2.51. The van der Waals surface area contributed by atoms with Gasteiger partial charge < -0.3 is 5.32 Å². The molecule has 0 bridgehead atoms. The molecular weight excluding hydrogens is 261 g/mol. The molecule has 2 aromatic rings. The normalized spacial score (nSPS) is 11.6. The number of nitrogens with zero attached hydrogens (tertiary/aromatic N) is 1. The predicted molar refractivity (Wildman–Crippen MR) is 65.6 cm³/mol. The molecule has 6 heteroatoms. The van der Waals surface area contributed by atoms with E-state index in [1.165, 1.54) is 12.1 Å². The summed E-state index contributed by atoms with van der Waals surface area (Å²) >= 11 is 1.56. The lowest BCUT2D eigenvalue weighted by atomic mass is 10.2. The maximum atomic E-state index is 12.3. The Bertz CT molecular complexity index is 517. The first-order valence-electron chi connectivity index (χ1n) is 5.27. The minimum Gasteiger partial charge on any atom is -0.379 e. The number of rotatable bonds is 3. The number of aromatic nitrogens is 1. The highest BCUT2D eigenvalue weighted by Gasteiger charge is 2.29. The lowest BCUT2D eigenvalue weighted by Gasteiger charge is -2.08. The molecule has 2 nitrogen and oxygen atoms in total. The second-order valence-electron chi connectivity index (χ2n) is 3.79. The third-order valence-corrected chi connectivity index (χ3v) is 3.24. The SMILES string of the molecule is Cc1cnc(CNc2ccc(C(F)(F)F)cc2)s1. The molecule has 0 aliphatic carbocycles. The van der Waals surface area contributed by atoms with Gasteiger partial charge in [-0.3, -0.25) is 0 Å². The van der Waals surface area contributed by atoms with Crippen LogP contribution in [-0.2, 0) is 12.7 Å². The summed E-state index contributed by atoms with van der Waals surface area (Å²) in [6.45, 7) is 2.48. The van der Waals surface area contributed by atoms with Crippen molar-refractivity contribution in [3.8, 4) is 0 Å². The van der Waals surface area contributed by atoms with E-state index in [9.17, 15) is 13.2 Å². The zero-order valence-electron chi connectivity index (χ0n) is 9.58. The number of hydrogen-bond acceptors (Lipinski definition) is 3. The van der Waals surface area contributed by atoms with Gasteiger partial charge in [-0.2, -0.15) is 13.2 Å². The fourth-order valence-electron chi connectivity index (χ4n) is 1.44. The maximum absolute atomic E-state index is 12.3. The summed E-state index contributed by atoms with van der Waals surface area (Å²) in [6, 6.07) is 4.97. The second kappa shape index (κ2) is 4.97. The van der Waals surface area contributed by atoms with E-state index in [2.05, 4.69) is 10.3 Å². The van der Waals surface area contributed by atoms with Gasteiger partial charge in [0.15, 0.2) is 0 Å². The van der Waals surface area contributed by atoms with E-state index in [4.69, 9.17) is 0 Å². The van der Waals surface area contributed by atoms with Crippen LogP contribution in [-0.4, -0.2) is 4.98 Å². The molecule has 0 unspecified atom stereocenters. The highest BCUT2D eigenvalue weighted by atomic mass is 32.1. The van der Waals surface area contributed by atoms with Crippen molar-refractivity contribution in [2.24, 2.45) is 0 Å². The summed E-state index contributed by atoms with van der Waals surface area (Å²) in [7, 11) is 0. The van der Waals surface area contributed by atoms with E-state index in [1.807, 2.05) is 6.92 Å². The first kappa shape index (κ1) is 12.9. The van der Waals surface area contributed by atoms with Crippen LogP contribution in [0.4, 0.5) is 18.9 Å². The van der Waals surface area contributed by atoms with Crippen molar-refractivity contribution in [3.63, 3.8) is 0 Å². The number of aryl methyl sites for hydroxylation is 1. The van der Waals surface area contributed by atoms with E-state index in [0.29, 0.717) is 12.2 Å². The van der Waals surface area contributed by atoms with Crippen LogP contribution < -0.4 is 5.32 Å². The largest absolute Gasteiger partial charge is 0.416 e. The Morgan fingerprint density at radius 1 is 1.22 bits per heavy atom. The van der Waals surface area contributed by atoms with Gasteiger partial charge in [-0.15, -0.1) is 11.3 Å². The van der Waals surface area contributed by atoms with E-state index in [-0.39, 0.29) is 0 Å². The van der Waals surface area contributed by atoms with Gasteiger partial charge in [-0.05, 0) is 31.2 Å². The fourth-order valence-corrected chi connectivity index (χ4v) is 2.16. The van der Waals surface area contributed by atoms with Gasteiger partial charge in [0.05, 0.1) is 12.1 Å². The van der Waals surface area contributed by atoms with Crippen molar-refractivity contribution in [2.75, 3.05) is 5.32 Å². The van der Waals surface area contributed by atoms with Crippen LogP contribution in [0.2, 0.25) is 0 Å². The van der Waals surface area contributed by atoms with Crippen molar-refractivity contribution < 1.29 is 13.2 Å². The predicted octanol–water partition coefficient (Wildman–Crippen LogP) is 4.08. The molecule has 2 rings (SSSR count). The van der Waals surface area contributed by atoms with Gasteiger partial charge >= 0.3 is 6.18 Å². The Hall–Kier alpha value is -1.56. The van der Waals surface area contributed by atoms with Gasteiger partial charge in [-0.1, -0.05) is 0 Å². The third-order valence-electron chi connectivity index (χ3n) is 2.33. The van der Waals surface area contributed by atoms with Crippen LogP contribution in [0.1, 0.15) is 15.4 Å². The molecule has 0 aliphatic heterocycles. The molecule has 0 spiro atoms. The van der Waals surface area contributed by atoms with Crippen LogP contribution in [0, 0.1) is 6.92 Å². The number of nitrogens with one attached hydrogen (secondary N) is 1. The first-order chi connectivity index (χ1) is 8.45. The molecule has 0 aliphatic rings. The monoisotopic (exact) mass is 272 g/mol. The fraction of sp³-hybridized carbons (Fsp3) is 0.250. The number of thiazole rings is 1. The zero-order valence-corrected chi connectivity index (χ0v) is 10.4. The standard InChI is InChI=1S/C12H11F3N2S/c1-8-6-17-11(18-8)7-16-10-4-2-9(3-5-10)12(13,14)15/h2-6,16H,7H2,1H3. The molecule has 1 aromatic carbocycles. The average Bonchev–Trinajstić information content (AvgIpc) is 2.72. The topological polar surface area (TPSA) is 24.9 Å². The molecule has 0 atom stereocenters. The zero-order chi connectivity index (χ0) is 13.2. The minimum atomic E-state index is -4.29. The molecule has 96 valence electrons. The summed E-state index contributed by atoms with van der Waals surface area (Å²) in [5.74, 6) is 0. The van der Waals surface area contributed by atoms with Crippen LogP contribution in [0.3, 0.4) is 0 Å². The van der Waals surface area contributed by atoms with E-state index in [1.54, 1.807) is 17.5 Å². The summed E-state index contributed by atoms with van der Waals surface area (Å²) in [5.41, 5.74) is 0.00833. The number of anilines is 1. The molecule has 0 radical (unpaired) electrons. The van der Waals surface area contributed by atoms with E-state index in [0.717, 1.165) is 22.0 Å². The van der Waals surface area contributed by atoms with Crippen molar-refractivity contribution >= 4 is 17.0 Å². The smallest absolute Gasteiger partial charge is 0.379 e. The summed E-state index contributed by atoms with van der Waals surface area (Å²) < 4.78 is 37.0. The summed E-state index contributed by atoms with van der Waals surface area (Å²) in [5, 5.41) is 3.94. The molecular formula is C12H11F3N2S. The quantitative estimate of drug-likeness (QED) is 0.910. The van der Waals surface area contributed by atoms with Gasteiger partial charge in [0.1, 0.15) is 5.01 Å². The molecule has 1 heterocycles. The van der Waals surface area contributed by atoms with Gasteiger partial charge in [0, 0.05) is 16.8 Å². The van der Waals surface area contributed by atoms with E-state index >= 15 is 0 Å². The Morgan fingerprint density at radius 3 is 2.39 bits per heavy atom. The van der Waals surface area contributed by atoms with Crippen LogP contribution >= 0.6 is 11.3 Å². The Morgan fingerprint density at radius 2 is 1.89 bits per heavy atom. The van der Waals surface area contributed by atoms with Crippen molar-refractivity contribution in [1.82, 2.24) is 4.98 Å². The highest BCUT2D eigenvalue weighted by Crippen LogP contribution is 2.29.